The summed E-state index contributed by atoms with van der Waals surface area (Å²) in [7, 11) is -2.06. The summed E-state index contributed by atoms with van der Waals surface area (Å²) in [6, 6.07) is 15.8. The average molecular weight is 348 g/mol. The summed E-state index contributed by atoms with van der Waals surface area (Å²) in [4.78, 5) is 0. The van der Waals surface area contributed by atoms with Gasteiger partial charge in [0.25, 0.3) is 10.2 Å². The minimum Gasteiger partial charge on any atom is -0.508 e. The van der Waals surface area contributed by atoms with Gasteiger partial charge < -0.3 is 5.11 Å². The molecule has 24 heavy (non-hydrogen) atoms. The lowest BCUT2D eigenvalue weighted by molar-refractivity contribution is 0.330. The third-order valence-corrected chi connectivity index (χ3v) is 6.23. The second-order valence-electron chi connectivity index (χ2n) is 5.71. The summed E-state index contributed by atoms with van der Waals surface area (Å²) in [6.45, 7) is 4.35. The first-order valence-electron chi connectivity index (χ1n) is 7.92. The van der Waals surface area contributed by atoms with E-state index in [2.05, 4.69) is 0 Å². The Morgan fingerprint density at radius 3 is 2.33 bits per heavy atom. The van der Waals surface area contributed by atoms with E-state index in [9.17, 15) is 13.5 Å². The van der Waals surface area contributed by atoms with Gasteiger partial charge in [0.1, 0.15) is 5.75 Å². The van der Waals surface area contributed by atoms with E-state index in [1.165, 1.54) is 8.61 Å². The van der Waals surface area contributed by atoms with E-state index in [-0.39, 0.29) is 11.8 Å². The molecule has 0 saturated carbocycles. The summed E-state index contributed by atoms with van der Waals surface area (Å²) >= 11 is 0. The van der Waals surface area contributed by atoms with Crippen molar-refractivity contribution in [3.05, 3.63) is 65.7 Å². The Kier molecular flexibility index (Phi) is 5.99. The Morgan fingerprint density at radius 1 is 1.08 bits per heavy atom. The van der Waals surface area contributed by atoms with Crippen LogP contribution in [0.5, 0.6) is 5.75 Å². The van der Waals surface area contributed by atoms with Gasteiger partial charge in [0, 0.05) is 26.2 Å². The molecule has 0 heterocycles. The van der Waals surface area contributed by atoms with Crippen LogP contribution in [0.4, 0.5) is 0 Å². The van der Waals surface area contributed by atoms with Crippen molar-refractivity contribution in [2.75, 3.05) is 13.6 Å². The molecule has 6 heteroatoms. The van der Waals surface area contributed by atoms with Crippen molar-refractivity contribution in [1.29, 1.82) is 0 Å². The molecule has 0 amide bonds. The van der Waals surface area contributed by atoms with Gasteiger partial charge in [-0.05, 0) is 30.2 Å². The smallest absolute Gasteiger partial charge is 0.282 e. The van der Waals surface area contributed by atoms with Crippen molar-refractivity contribution in [3.8, 4) is 5.75 Å². The lowest BCUT2D eigenvalue weighted by Gasteiger charge is -2.30. The maximum absolute atomic E-state index is 13.0. The second kappa shape index (κ2) is 7.79. The standard InChI is InChI=1S/C18H24N2O3S/c1-4-20(14-16-9-6-5-7-10-16)24(22,23)19(3)15(2)17-11-8-12-18(21)13-17/h5-13,15,21H,4,14H2,1-3H3/t15-/m0/s1. The quantitative estimate of drug-likeness (QED) is 0.836. The fraction of sp³-hybridized carbons (Fsp3) is 0.333. The van der Waals surface area contributed by atoms with Crippen LogP contribution in [0.3, 0.4) is 0 Å². The Morgan fingerprint density at radius 2 is 1.75 bits per heavy atom. The van der Waals surface area contributed by atoms with Crippen molar-refractivity contribution >= 4 is 10.2 Å². The van der Waals surface area contributed by atoms with Crippen LogP contribution >= 0.6 is 0 Å². The normalized spacial score (nSPS) is 13.4. The first-order chi connectivity index (χ1) is 11.4. The van der Waals surface area contributed by atoms with Crippen LogP contribution in [0.2, 0.25) is 0 Å². The van der Waals surface area contributed by atoms with Crippen molar-refractivity contribution in [2.24, 2.45) is 0 Å². The van der Waals surface area contributed by atoms with Crippen LogP contribution in [0, 0.1) is 0 Å². The van der Waals surface area contributed by atoms with Crippen molar-refractivity contribution in [1.82, 2.24) is 8.61 Å². The summed E-state index contributed by atoms with van der Waals surface area (Å²) in [6.07, 6.45) is 0. The Hall–Kier alpha value is -1.89. The lowest BCUT2D eigenvalue weighted by atomic mass is 10.1. The van der Waals surface area contributed by atoms with E-state index in [4.69, 9.17) is 0 Å². The van der Waals surface area contributed by atoms with Gasteiger partial charge in [-0.1, -0.05) is 49.4 Å². The van der Waals surface area contributed by atoms with E-state index in [1.807, 2.05) is 50.2 Å². The molecule has 0 bridgehead atoms. The molecule has 2 aromatic carbocycles. The topological polar surface area (TPSA) is 60.9 Å². The van der Waals surface area contributed by atoms with E-state index in [1.54, 1.807) is 25.2 Å². The summed E-state index contributed by atoms with van der Waals surface area (Å²) in [5.41, 5.74) is 1.69. The highest BCUT2D eigenvalue weighted by molar-refractivity contribution is 7.86. The number of aromatic hydroxyl groups is 1. The minimum atomic E-state index is -3.62. The van der Waals surface area contributed by atoms with Gasteiger partial charge >= 0.3 is 0 Å². The van der Waals surface area contributed by atoms with Crippen LogP contribution in [0.1, 0.15) is 31.0 Å². The highest BCUT2D eigenvalue weighted by Gasteiger charge is 2.30. The second-order valence-corrected chi connectivity index (χ2v) is 7.69. The number of hydrogen-bond acceptors (Lipinski definition) is 3. The number of benzene rings is 2. The van der Waals surface area contributed by atoms with Crippen LogP contribution in [0.25, 0.3) is 0 Å². The molecule has 0 radical (unpaired) electrons. The molecule has 0 aromatic heterocycles. The van der Waals surface area contributed by atoms with Gasteiger partial charge in [0.2, 0.25) is 0 Å². The molecular formula is C18H24N2O3S. The Bertz CT molecular complexity index is 763. The largest absolute Gasteiger partial charge is 0.508 e. The van der Waals surface area contributed by atoms with Crippen LogP contribution in [-0.2, 0) is 16.8 Å². The molecule has 2 rings (SSSR count). The zero-order valence-corrected chi connectivity index (χ0v) is 15.1. The van der Waals surface area contributed by atoms with E-state index in [0.717, 1.165) is 11.1 Å². The van der Waals surface area contributed by atoms with Gasteiger partial charge in [0.05, 0.1) is 0 Å². The van der Waals surface area contributed by atoms with Gasteiger partial charge in [-0.2, -0.15) is 17.0 Å². The molecule has 130 valence electrons. The van der Waals surface area contributed by atoms with Crippen molar-refractivity contribution < 1.29 is 13.5 Å². The lowest BCUT2D eigenvalue weighted by Crippen LogP contribution is -2.42. The van der Waals surface area contributed by atoms with Gasteiger partial charge in [-0.15, -0.1) is 0 Å². The zero-order chi connectivity index (χ0) is 17.7. The van der Waals surface area contributed by atoms with Gasteiger partial charge in [0.15, 0.2) is 0 Å². The maximum atomic E-state index is 13.0. The van der Waals surface area contributed by atoms with Gasteiger partial charge in [-0.25, -0.2) is 0 Å². The molecule has 0 aliphatic heterocycles. The number of nitrogens with zero attached hydrogens (tertiary/aromatic N) is 2. The molecule has 0 fully saturated rings. The van der Waals surface area contributed by atoms with Crippen LogP contribution < -0.4 is 0 Å². The maximum Gasteiger partial charge on any atom is 0.282 e. The number of phenols is 1. The van der Waals surface area contributed by atoms with Crippen LogP contribution in [0.15, 0.2) is 54.6 Å². The number of hydrogen-bond donors (Lipinski definition) is 1. The molecule has 0 aliphatic rings. The first-order valence-corrected chi connectivity index (χ1v) is 9.32. The highest BCUT2D eigenvalue weighted by Crippen LogP contribution is 2.26. The molecular weight excluding hydrogens is 324 g/mol. The SMILES string of the molecule is CCN(Cc1ccccc1)S(=O)(=O)N(C)[C@@H](C)c1cccc(O)c1. The van der Waals surface area contributed by atoms with Crippen LogP contribution in [-0.4, -0.2) is 35.7 Å². The molecule has 0 unspecified atom stereocenters. The predicted octanol–water partition coefficient (Wildman–Crippen LogP) is 3.15. The molecule has 0 aliphatic carbocycles. The molecule has 0 spiro atoms. The highest BCUT2D eigenvalue weighted by atomic mass is 32.2. The van der Waals surface area contributed by atoms with Gasteiger partial charge in [-0.3, -0.25) is 0 Å². The van der Waals surface area contributed by atoms with E-state index < -0.39 is 10.2 Å². The van der Waals surface area contributed by atoms with Crippen molar-refractivity contribution in [2.45, 2.75) is 26.4 Å². The fourth-order valence-electron chi connectivity index (χ4n) is 2.52. The average Bonchev–Trinajstić information content (AvgIpc) is 2.59. The van der Waals surface area contributed by atoms with E-state index in [0.29, 0.717) is 13.1 Å². The monoisotopic (exact) mass is 348 g/mol. The first kappa shape index (κ1) is 18.4. The molecule has 0 saturated heterocycles. The number of rotatable bonds is 7. The molecule has 1 N–H and O–H groups in total. The molecule has 2 aromatic rings. The summed E-state index contributed by atoms with van der Waals surface area (Å²) < 4.78 is 28.7. The third-order valence-electron chi connectivity index (χ3n) is 4.14. The zero-order valence-electron chi connectivity index (χ0n) is 14.3. The summed E-state index contributed by atoms with van der Waals surface area (Å²) in [5.74, 6) is 0.127. The Labute approximate surface area is 144 Å². The number of phenolic OH excluding ortho intramolecular Hbond substituents is 1. The minimum absolute atomic E-state index is 0.127. The molecule has 1 atom stereocenters. The Balaban J connectivity index is 2.23. The predicted molar refractivity (Wildman–Crippen MR) is 95.7 cm³/mol. The summed E-state index contributed by atoms with van der Waals surface area (Å²) in [5, 5.41) is 9.62. The molecule has 5 nitrogen and oxygen atoms in total. The van der Waals surface area contributed by atoms with Crippen molar-refractivity contribution in [3.63, 3.8) is 0 Å². The third kappa shape index (κ3) is 4.14. The fourth-order valence-corrected chi connectivity index (χ4v) is 4.04. The van der Waals surface area contributed by atoms with E-state index >= 15 is 0 Å².